The first kappa shape index (κ1) is 15.4. The van der Waals surface area contributed by atoms with E-state index < -0.39 is 0 Å². The summed E-state index contributed by atoms with van der Waals surface area (Å²) in [6, 6.07) is 7.94. The number of aromatic nitrogens is 2. The van der Waals surface area contributed by atoms with Crippen LogP contribution in [0, 0.1) is 5.82 Å². The Morgan fingerprint density at radius 1 is 1.14 bits per heavy atom. The highest BCUT2D eigenvalue weighted by molar-refractivity contribution is 5.43. The Bertz CT molecular complexity index is 601. The van der Waals surface area contributed by atoms with Gasteiger partial charge in [0.25, 0.3) is 0 Å². The highest BCUT2D eigenvalue weighted by atomic mass is 19.1. The van der Waals surface area contributed by atoms with Gasteiger partial charge < -0.3 is 10.6 Å². The van der Waals surface area contributed by atoms with Crippen LogP contribution < -0.4 is 10.6 Å². The minimum absolute atomic E-state index is 0.327. The molecule has 5 heteroatoms. The van der Waals surface area contributed by atoms with Crippen LogP contribution in [0.3, 0.4) is 0 Å². The van der Waals surface area contributed by atoms with Gasteiger partial charge in [-0.3, -0.25) is 0 Å². The number of nitrogens with zero attached hydrogens (tertiary/aromatic N) is 3. The molecule has 112 valence electrons. The predicted molar refractivity (Wildman–Crippen MR) is 82.4 cm³/mol. The molecule has 21 heavy (non-hydrogen) atoms. The van der Waals surface area contributed by atoms with Crippen molar-refractivity contribution >= 4 is 5.82 Å². The fourth-order valence-electron chi connectivity index (χ4n) is 2.32. The SMILES string of the molecule is CCc1ncnc(N(CC)Cc2ccccc2CN)c1F. The molecular formula is C16H21FN4. The number of aryl methyl sites for hydroxylation is 1. The van der Waals surface area contributed by atoms with E-state index in [1.165, 1.54) is 6.33 Å². The molecule has 0 unspecified atom stereocenters. The second-order valence-corrected chi connectivity index (χ2v) is 4.80. The molecule has 2 N–H and O–H groups in total. The van der Waals surface area contributed by atoms with E-state index in [-0.39, 0.29) is 5.82 Å². The van der Waals surface area contributed by atoms with E-state index in [0.29, 0.717) is 37.6 Å². The lowest BCUT2D eigenvalue weighted by Gasteiger charge is -2.24. The van der Waals surface area contributed by atoms with E-state index in [1.807, 2.05) is 43.0 Å². The summed E-state index contributed by atoms with van der Waals surface area (Å²) in [5, 5.41) is 0. The number of anilines is 1. The summed E-state index contributed by atoms with van der Waals surface area (Å²) in [5.41, 5.74) is 8.38. The van der Waals surface area contributed by atoms with Gasteiger partial charge >= 0.3 is 0 Å². The van der Waals surface area contributed by atoms with E-state index in [1.54, 1.807) is 0 Å². The van der Waals surface area contributed by atoms with E-state index in [4.69, 9.17) is 5.73 Å². The Kier molecular flexibility index (Phi) is 5.22. The summed E-state index contributed by atoms with van der Waals surface area (Å²) >= 11 is 0. The number of halogens is 1. The van der Waals surface area contributed by atoms with Gasteiger partial charge in [-0.15, -0.1) is 0 Å². The van der Waals surface area contributed by atoms with Crippen molar-refractivity contribution in [3.8, 4) is 0 Å². The quantitative estimate of drug-likeness (QED) is 0.888. The highest BCUT2D eigenvalue weighted by Gasteiger charge is 2.16. The average Bonchev–Trinajstić information content (AvgIpc) is 2.53. The fourth-order valence-corrected chi connectivity index (χ4v) is 2.32. The van der Waals surface area contributed by atoms with Crippen molar-refractivity contribution in [2.45, 2.75) is 33.4 Å². The lowest BCUT2D eigenvalue weighted by molar-refractivity contribution is 0.583. The monoisotopic (exact) mass is 288 g/mol. The number of benzene rings is 1. The summed E-state index contributed by atoms with van der Waals surface area (Å²) in [7, 11) is 0. The third-order valence-corrected chi connectivity index (χ3v) is 3.56. The standard InChI is InChI=1S/C16H21FN4/c1-3-14-15(17)16(20-11-19-14)21(4-2)10-13-8-6-5-7-12(13)9-18/h5-8,11H,3-4,9-10,18H2,1-2H3. The van der Waals surface area contributed by atoms with Gasteiger partial charge in [0.05, 0.1) is 5.69 Å². The second-order valence-electron chi connectivity index (χ2n) is 4.80. The first-order valence-corrected chi connectivity index (χ1v) is 7.22. The van der Waals surface area contributed by atoms with Gasteiger partial charge in [0.15, 0.2) is 11.6 Å². The van der Waals surface area contributed by atoms with Crippen LogP contribution in [0.25, 0.3) is 0 Å². The zero-order valence-corrected chi connectivity index (χ0v) is 12.5. The van der Waals surface area contributed by atoms with Gasteiger partial charge in [0.2, 0.25) is 0 Å². The van der Waals surface area contributed by atoms with Gasteiger partial charge in [-0.1, -0.05) is 31.2 Å². The Hall–Kier alpha value is -2.01. The number of rotatable bonds is 6. The molecule has 0 saturated heterocycles. The van der Waals surface area contributed by atoms with Crippen LogP contribution >= 0.6 is 0 Å². The van der Waals surface area contributed by atoms with E-state index in [0.717, 1.165) is 11.1 Å². The number of hydrogen-bond acceptors (Lipinski definition) is 4. The first-order chi connectivity index (χ1) is 10.2. The van der Waals surface area contributed by atoms with Crippen LogP contribution in [0.2, 0.25) is 0 Å². The van der Waals surface area contributed by atoms with Crippen molar-refractivity contribution in [3.05, 3.63) is 53.2 Å². The van der Waals surface area contributed by atoms with E-state index >= 15 is 0 Å². The Morgan fingerprint density at radius 2 is 1.86 bits per heavy atom. The van der Waals surface area contributed by atoms with Crippen molar-refractivity contribution in [2.24, 2.45) is 5.73 Å². The van der Waals surface area contributed by atoms with Crippen LogP contribution in [0.15, 0.2) is 30.6 Å². The van der Waals surface area contributed by atoms with Gasteiger partial charge in [-0.05, 0) is 24.5 Å². The molecule has 0 spiro atoms. The summed E-state index contributed by atoms with van der Waals surface area (Å²) in [5.74, 6) is 0.0308. The van der Waals surface area contributed by atoms with Crippen molar-refractivity contribution in [3.63, 3.8) is 0 Å². The van der Waals surface area contributed by atoms with Crippen LogP contribution in [0.4, 0.5) is 10.2 Å². The maximum atomic E-state index is 14.4. The molecule has 1 heterocycles. The third-order valence-electron chi connectivity index (χ3n) is 3.56. The molecule has 0 radical (unpaired) electrons. The normalized spacial score (nSPS) is 10.7. The van der Waals surface area contributed by atoms with Crippen molar-refractivity contribution in [2.75, 3.05) is 11.4 Å². The van der Waals surface area contributed by atoms with Crippen molar-refractivity contribution in [1.82, 2.24) is 9.97 Å². The Balaban J connectivity index is 2.32. The van der Waals surface area contributed by atoms with Crippen LogP contribution in [-0.4, -0.2) is 16.5 Å². The molecule has 0 aliphatic carbocycles. The molecule has 1 aromatic heterocycles. The Morgan fingerprint density at radius 3 is 2.48 bits per heavy atom. The molecule has 0 saturated carbocycles. The molecule has 4 nitrogen and oxygen atoms in total. The molecule has 0 aliphatic rings. The lowest BCUT2D eigenvalue weighted by atomic mass is 10.1. The van der Waals surface area contributed by atoms with Crippen LogP contribution in [0.5, 0.6) is 0 Å². The van der Waals surface area contributed by atoms with Crippen LogP contribution in [-0.2, 0) is 19.5 Å². The van der Waals surface area contributed by atoms with Gasteiger partial charge in [-0.25, -0.2) is 14.4 Å². The molecule has 0 atom stereocenters. The smallest absolute Gasteiger partial charge is 0.187 e. The maximum Gasteiger partial charge on any atom is 0.187 e. The molecule has 2 aromatic rings. The first-order valence-electron chi connectivity index (χ1n) is 7.22. The molecule has 0 bridgehead atoms. The molecule has 0 aliphatic heterocycles. The predicted octanol–water partition coefficient (Wildman–Crippen LogP) is 2.66. The second kappa shape index (κ2) is 7.13. The minimum Gasteiger partial charge on any atom is -0.350 e. The van der Waals surface area contributed by atoms with E-state index in [2.05, 4.69) is 9.97 Å². The number of nitrogens with two attached hydrogens (primary N) is 1. The third kappa shape index (κ3) is 3.36. The number of hydrogen-bond donors (Lipinski definition) is 1. The largest absolute Gasteiger partial charge is 0.350 e. The average molecular weight is 288 g/mol. The van der Waals surface area contributed by atoms with Gasteiger partial charge in [0.1, 0.15) is 6.33 Å². The molecule has 2 rings (SSSR count). The lowest BCUT2D eigenvalue weighted by Crippen LogP contribution is -2.26. The van der Waals surface area contributed by atoms with Gasteiger partial charge in [0, 0.05) is 19.6 Å². The summed E-state index contributed by atoms with van der Waals surface area (Å²) in [4.78, 5) is 10.0. The summed E-state index contributed by atoms with van der Waals surface area (Å²) in [6.07, 6.45) is 1.98. The molecular weight excluding hydrogens is 267 g/mol. The highest BCUT2D eigenvalue weighted by Crippen LogP contribution is 2.21. The minimum atomic E-state index is -0.327. The van der Waals surface area contributed by atoms with Crippen molar-refractivity contribution in [1.29, 1.82) is 0 Å². The van der Waals surface area contributed by atoms with Crippen molar-refractivity contribution < 1.29 is 4.39 Å². The summed E-state index contributed by atoms with van der Waals surface area (Å²) in [6.45, 7) is 5.59. The molecule has 0 amide bonds. The summed E-state index contributed by atoms with van der Waals surface area (Å²) < 4.78 is 14.4. The fraction of sp³-hybridized carbons (Fsp3) is 0.375. The van der Waals surface area contributed by atoms with E-state index in [9.17, 15) is 4.39 Å². The molecule has 0 fully saturated rings. The zero-order valence-electron chi connectivity index (χ0n) is 12.5. The van der Waals surface area contributed by atoms with Gasteiger partial charge in [-0.2, -0.15) is 0 Å². The zero-order chi connectivity index (χ0) is 15.2. The maximum absolute atomic E-state index is 14.4. The topological polar surface area (TPSA) is 55.0 Å². The Labute approximate surface area is 124 Å². The van der Waals surface area contributed by atoms with Crippen LogP contribution in [0.1, 0.15) is 30.7 Å². The molecule has 1 aromatic carbocycles.